The number of aryl methyl sites for hydroxylation is 2. The maximum atomic E-state index is 5.56. The molecule has 0 saturated carbocycles. The SMILES string of the molecule is CCc1nc(NN)c(C)c(N(C)Cc2ccccc2C)n1. The summed E-state index contributed by atoms with van der Waals surface area (Å²) in [6.45, 7) is 6.95. The lowest BCUT2D eigenvalue weighted by Gasteiger charge is -2.23. The molecule has 0 bridgehead atoms. The Morgan fingerprint density at radius 1 is 1.19 bits per heavy atom. The van der Waals surface area contributed by atoms with Crippen molar-refractivity contribution in [2.75, 3.05) is 17.4 Å². The van der Waals surface area contributed by atoms with E-state index < -0.39 is 0 Å². The second-order valence-electron chi connectivity index (χ2n) is 5.22. The maximum Gasteiger partial charge on any atom is 0.148 e. The van der Waals surface area contributed by atoms with E-state index in [-0.39, 0.29) is 0 Å². The molecule has 0 fully saturated rings. The second-order valence-corrected chi connectivity index (χ2v) is 5.22. The molecule has 0 aliphatic rings. The van der Waals surface area contributed by atoms with Crippen LogP contribution >= 0.6 is 0 Å². The van der Waals surface area contributed by atoms with Crippen molar-refractivity contribution in [3.05, 3.63) is 46.8 Å². The monoisotopic (exact) mass is 285 g/mol. The van der Waals surface area contributed by atoms with Crippen LogP contribution in [0.3, 0.4) is 0 Å². The Balaban J connectivity index is 2.34. The Labute approximate surface area is 126 Å². The van der Waals surface area contributed by atoms with Crippen molar-refractivity contribution in [3.8, 4) is 0 Å². The van der Waals surface area contributed by atoms with E-state index in [1.165, 1.54) is 11.1 Å². The van der Waals surface area contributed by atoms with E-state index >= 15 is 0 Å². The molecule has 0 aliphatic carbocycles. The van der Waals surface area contributed by atoms with E-state index in [1.807, 2.05) is 20.9 Å². The highest BCUT2D eigenvalue weighted by Crippen LogP contribution is 2.24. The topological polar surface area (TPSA) is 67.1 Å². The highest BCUT2D eigenvalue weighted by atomic mass is 15.3. The molecule has 3 N–H and O–H groups in total. The Bertz CT molecular complexity index is 624. The minimum atomic E-state index is 0.688. The third-order valence-electron chi connectivity index (χ3n) is 3.65. The largest absolute Gasteiger partial charge is 0.355 e. The average Bonchev–Trinajstić information content (AvgIpc) is 2.49. The number of anilines is 2. The van der Waals surface area contributed by atoms with Crippen molar-refractivity contribution in [2.24, 2.45) is 5.84 Å². The van der Waals surface area contributed by atoms with Gasteiger partial charge in [-0.05, 0) is 25.0 Å². The molecular formula is C16H23N5. The van der Waals surface area contributed by atoms with Crippen LogP contribution in [0.15, 0.2) is 24.3 Å². The van der Waals surface area contributed by atoms with Crippen LogP contribution in [0.4, 0.5) is 11.6 Å². The predicted octanol–water partition coefficient (Wildman–Crippen LogP) is 2.58. The zero-order valence-corrected chi connectivity index (χ0v) is 13.1. The molecule has 0 radical (unpaired) electrons. The lowest BCUT2D eigenvalue weighted by molar-refractivity contribution is 0.846. The number of benzene rings is 1. The quantitative estimate of drug-likeness (QED) is 0.653. The minimum absolute atomic E-state index is 0.688. The van der Waals surface area contributed by atoms with Gasteiger partial charge >= 0.3 is 0 Å². The lowest BCUT2D eigenvalue weighted by atomic mass is 10.1. The second kappa shape index (κ2) is 6.54. The van der Waals surface area contributed by atoms with Crippen LogP contribution in [-0.4, -0.2) is 17.0 Å². The maximum absolute atomic E-state index is 5.56. The molecule has 0 unspecified atom stereocenters. The van der Waals surface area contributed by atoms with Crippen LogP contribution < -0.4 is 16.2 Å². The van der Waals surface area contributed by atoms with Gasteiger partial charge in [-0.2, -0.15) is 0 Å². The van der Waals surface area contributed by atoms with Crippen molar-refractivity contribution in [1.82, 2.24) is 9.97 Å². The molecule has 1 aromatic carbocycles. The van der Waals surface area contributed by atoms with Gasteiger partial charge in [0, 0.05) is 25.6 Å². The molecule has 0 amide bonds. The number of nitrogen functional groups attached to an aromatic ring is 1. The van der Waals surface area contributed by atoms with Gasteiger partial charge in [-0.25, -0.2) is 15.8 Å². The molecule has 2 rings (SSSR count). The van der Waals surface area contributed by atoms with Gasteiger partial charge in [-0.3, -0.25) is 0 Å². The predicted molar refractivity (Wildman–Crippen MR) is 87.2 cm³/mol. The number of aromatic nitrogens is 2. The van der Waals surface area contributed by atoms with Gasteiger partial charge in [-0.1, -0.05) is 31.2 Å². The zero-order chi connectivity index (χ0) is 15.4. The summed E-state index contributed by atoms with van der Waals surface area (Å²) in [6.07, 6.45) is 0.778. The molecular weight excluding hydrogens is 262 g/mol. The molecule has 1 aromatic heterocycles. The number of nitrogens with zero attached hydrogens (tertiary/aromatic N) is 3. The number of nitrogens with two attached hydrogens (primary N) is 1. The van der Waals surface area contributed by atoms with Crippen LogP contribution in [0.2, 0.25) is 0 Å². The van der Waals surface area contributed by atoms with Gasteiger partial charge in [-0.15, -0.1) is 0 Å². The summed E-state index contributed by atoms with van der Waals surface area (Å²) < 4.78 is 0. The minimum Gasteiger partial charge on any atom is -0.355 e. The van der Waals surface area contributed by atoms with Crippen molar-refractivity contribution in [3.63, 3.8) is 0 Å². The highest BCUT2D eigenvalue weighted by Gasteiger charge is 2.14. The van der Waals surface area contributed by atoms with Crippen LogP contribution in [0.5, 0.6) is 0 Å². The van der Waals surface area contributed by atoms with Crippen molar-refractivity contribution >= 4 is 11.6 Å². The summed E-state index contributed by atoms with van der Waals surface area (Å²) in [6, 6.07) is 8.39. The summed E-state index contributed by atoms with van der Waals surface area (Å²) in [5.74, 6) is 7.96. The Hall–Kier alpha value is -2.14. The van der Waals surface area contributed by atoms with E-state index in [9.17, 15) is 0 Å². The molecule has 1 heterocycles. The third kappa shape index (κ3) is 3.31. The molecule has 5 heteroatoms. The summed E-state index contributed by atoms with van der Waals surface area (Å²) in [7, 11) is 2.04. The molecule has 112 valence electrons. The first-order valence-electron chi connectivity index (χ1n) is 7.16. The van der Waals surface area contributed by atoms with Crippen molar-refractivity contribution in [1.29, 1.82) is 0 Å². The Kier molecular flexibility index (Phi) is 4.75. The number of hydrogen-bond acceptors (Lipinski definition) is 5. The van der Waals surface area contributed by atoms with Gasteiger partial charge in [0.2, 0.25) is 0 Å². The first kappa shape index (κ1) is 15.3. The average molecular weight is 285 g/mol. The summed E-state index contributed by atoms with van der Waals surface area (Å²) in [4.78, 5) is 11.2. The van der Waals surface area contributed by atoms with E-state index in [4.69, 9.17) is 5.84 Å². The number of rotatable bonds is 5. The number of hydrazine groups is 1. The van der Waals surface area contributed by atoms with Crippen LogP contribution in [0.1, 0.15) is 29.4 Å². The summed E-state index contributed by atoms with van der Waals surface area (Å²) in [5.41, 5.74) is 6.20. The molecule has 0 saturated heterocycles. The van der Waals surface area contributed by atoms with Crippen LogP contribution in [0.25, 0.3) is 0 Å². The fraction of sp³-hybridized carbons (Fsp3) is 0.375. The number of nitrogens with one attached hydrogen (secondary N) is 1. The summed E-state index contributed by atoms with van der Waals surface area (Å²) >= 11 is 0. The van der Waals surface area contributed by atoms with E-state index in [0.717, 1.165) is 30.2 Å². The molecule has 0 spiro atoms. The smallest absolute Gasteiger partial charge is 0.148 e. The Morgan fingerprint density at radius 2 is 1.90 bits per heavy atom. The number of hydrogen-bond donors (Lipinski definition) is 2. The molecule has 5 nitrogen and oxygen atoms in total. The highest BCUT2D eigenvalue weighted by molar-refractivity contribution is 5.58. The van der Waals surface area contributed by atoms with Crippen LogP contribution in [-0.2, 0) is 13.0 Å². The zero-order valence-electron chi connectivity index (χ0n) is 13.1. The summed E-state index contributed by atoms with van der Waals surface area (Å²) in [5, 5.41) is 0. The molecule has 0 aliphatic heterocycles. The Morgan fingerprint density at radius 3 is 2.52 bits per heavy atom. The lowest BCUT2D eigenvalue weighted by Crippen LogP contribution is -2.22. The van der Waals surface area contributed by atoms with Gasteiger partial charge < -0.3 is 10.3 Å². The third-order valence-corrected chi connectivity index (χ3v) is 3.65. The van der Waals surface area contributed by atoms with E-state index in [1.54, 1.807) is 0 Å². The standard InChI is InChI=1S/C16H23N5/c1-5-14-18-15(20-17)12(3)16(19-14)21(4)10-13-9-7-6-8-11(13)2/h6-9H,5,10,17H2,1-4H3,(H,18,19,20). The van der Waals surface area contributed by atoms with Crippen molar-refractivity contribution in [2.45, 2.75) is 33.7 Å². The van der Waals surface area contributed by atoms with Gasteiger partial charge in [0.05, 0.1) is 0 Å². The van der Waals surface area contributed by atoms with Gasteiger partial charge in [0.15, 0.2) is 0 Å². The van der Waals surface area contributed by atoms with Gasteiger partial charge in [0.1, 0.15) is 17.5 Å². The first-order valence-corrected chi connectivity index (χ1v) is 7.16. The molecule has 2 aromatic rings. The van der Waals surface area contributed by atoms with Gasteiger partial charge in [0.25, 0.3) is 0 Å². The molecule has 21 heavy (non-hydrogen) atoms. The van der Waals surface area contributed by atoms with E-state index in [0.29, 0.717) is 5.82 Å². The fourth-order valence-corrected chi connectivity index (χ4v) is 2.34. The normalized spacial score (nSPS) is 10.5. The first-order chi connectivity index (χ1) is 10.1. The fourth-order valence-electron chi connectivity index (χ4n) is 2.34. The molecule has 0 atom stereocenters. The van der Waals surface area contributed by atoms with E-state index in [2.05, 4.69) is 51.5 Å². The van der Waals surface area contributed by atoms with Crippen LogP contribution in [0, 0.1) is 13.8 Å². The van der Waals surface area contributed by atoms with Crippen molar-refractivity contribution < 1.29 is 0 Å².